The minimum atomic E-state index is 0.0153. The smallest absolute Gasteiger partial charge is 0.0606 e. The van der Waals surface area contributed by atoms with E-state index in [2.05, 4.69) is 23.7 Å². The SMILES string of the molecule is CCCN(CCO)c1ccc(C(N)CC)nc1. The summed E-state index contributed by atoms with van der Waals surface area (Å²) in [4.78, 5) is 6.52. The molecule has 4 nitrogen and oxygen atoms in total. The maximum Gasteiger partial charge on any atom is 0.0606 e. The van der Waals surface area contributed by atoms with E-state index in [1.165, 1.54) is 0 Å². The van der Waals surface area contributed by atoms with E-state index in [0.29, 0.717) is 6.54 Å². The van der Waals surface area contributed by atoms with E-state index in [-0.39, 0.29) is 12.6 Å². The second kappa shape index (κ2) is 7.25. The van der Waals surface area contributed by atoms with Crippen LogP contribution in [0, 0.1) is 0 Å². The van der Waals surface area contributed by atoms with E-state index >= 15 is 0 Å². The van der Waals surface area contributed by atoms with Gasteiger partial charge < -0.3 is 15.7 Å². The Hall–Kier alpha value is -1.13. The van der Waals surface area contributed by atoms with Crippen LogP contribution in [0.5, 0.6) is 0 Å². The van der Waals surface area contributed by atoms with E-state index in [9.17, 15) is 0 Å². The molecule has 96 valence electrons. The number of nitrogens with two attached hydrogens (primary N) is 1. The molecule has 1 unspecified atom stereocenters. The van der Waals surface area contributed by atoms with Crippen LogP contribution in [-0.2, 0) is 0 Å². The molecule has 0 aliphatic rings. The largest absolute Gasteiger partial charge is 0.395 e. The molecular formula is C13H23N3O. The number of anilines is 1. The first-order valence-electron chi connectivity index (χ1n) is 6.30. The molecule has 0 saturated heterocycles. The summed E-state index contributed by atoms with van der Waals surface area (Å²) in [6, 6.07) is 4.02. The molecule has 17 heavy (non-hydrogen) atoms. The van der Waals surface area contributed by atoms with Crippen LogP contribution in [0.25, 0.3) is 0 Å². The van der Waals surface area contributed by atoms with Gasteiger partial charge in [-0.2, -0.15) is 0 Å². The lowest BCUT2D eigenvalue weighted by molar-refractivity contribution is 0.302. The highest BCUT2D eigenvalue weighted by molar-refractivity contribution is 5.44. The number of aliphatic hydroxyl groups is 1. The van der Waals surface area contributed by atoms with E-state index in [1.54, 1.807) is 0 Å². The summed E-state index contributed by atoms with van der Waals surface area (Å²) < 4.78 is 0. The minimum absolute atomic E-state index is 0.0153. The monoisotopic (exact) mass is 237 g/mol. The van der Waals surface area contributed by atoms with E-state index in [0.717, 1.165) is 30.8 Å². The molecule has 0 aromatic carbocycles. The van der Waals surface area contributed by atoms with Gasteiger partial charge in [0, 0.05) is 19.1 Å². The van der Waals surface area contributed by atoms with Crippen LogP contribution in [0.15, 0.2) is 18.3 Å². The van der Waals surface area contributed by atoms with E-state index in [1.807, 2.05) is 18.3 Å². The Morgan fingerprint density at radius 2 is 2.12 bits per heavy atom. The molecule has 0 spiro atoms. The van der Waals surface area contributed by atoms with Gasteiger partial charge in [-0.05, 0) is 25.0 Å². The van der Waals surface area contributed by atoms with Crippen molar-refractivity contribution in [2.45, 2.75) is 32.7 Å². The zero-order valence-corrected chi connectivity index (χ0v) is 10.8. The first kappa shape index (κ1) is 13.9. The zero-order chi connectivity index (χ0) is 12.7. The van der Waals surface area contributed by atoms with Gasteiger partial charge in [0.2, 0.25) is 0 Å². The molecule has 3 N–H and O–H groups in total. The quantitative estimate of drug-likeness (QED) is 0.757. The normalized spacial score (nSPS) is 12.5. The summed E-state index contributed by atoms with van der Waals surface area (Å²) in [6.07, 6.45) is 3.79. The van der Waals surface area contributed by atoms with Crippen molar-refractivity contribution in [1.82, 2.24) is 4.98 Å². The van der Waals surface area contributed by atoms with Gasteiger partial charge in [-0.15, -0.1) is 0 Å². The summed E-state index contributed by atoms with van der Waals surface area (Å²) in [5.74, 6) is 0. The maximum absolute atomic E-state index is 9.02. The van der Waals surface area contributed by atoms with Crippen LogP contribution in [0.2, 0.25) is 0 Å². The standard InChI is InChI=1S/C13H23N3O/c1-3-7-16(8-9-17)11-5-6-13(15-10-11)12(14)4-2/h5-6,10,12,17H,3-4,7-9,14H2,1-2H3. The van der Waals surface area contributed by atoms with Crippen LogP contribution < -0.4 is 10.6 Å². The van der Waals surface area contributed by atoms with Crippen molar-refractivity contribution >= 4 is 5.69 Å². The lowest BCUT2D eigenvalue weighted by atomic mass is 10.1. The Labute approximate surface area is 103 Å². The minimum Gasteiger partial charge on any atom is -0.395 e. The highest BCUT2D eigenvalue weighted by Gasteiger charge is 2.08. The average molecular weight is 237 g/mol. The number of aliphatic hydroxyl groups excluding tert-OH is 1. The van der Waals surface area contributed by atoms with Gasteiger partial charge in [0.1, 0.15) is 0 Å². The summed E-state index contributed by atoms with van der Waals surface area (Å²) >= 11 is 0. The molecule has 0 aliphatic heterocycles. The van der Waals surface area contributed by atoms with Crippen molar-refractivity contribution in [2.24, 2.45) is 5.73 Å². The van der Waals surface area contributed by atoms with Crippen molar-refractivity contribution in [2.75, 3.05) is 24.6 Å². The van der Waals surface area contributed by atoms with Gasteiger partial charge >= 0.3 is 0 Å². The van der Waals surface area contributed by atoms with Crippen molar-refractivity contribution < 1.29 is 5.11 Å². The lowest BCUT2D eigenvalue weighted by Crippen LogP contribution is -2.27. The highest BCUT2D eigenvalue weighted by atomic mass is 16.3. The first-order valence-corrected chi connectivity index (χ1v) is 6.30. The molecule has 0 fully saturated rings. The van der Waals surface area contributed by atoms with Gasteiger partial charge in [-0.3, -0.25) is 4.98 Å². The summed E-state index contributed by atoms with van der Waals surface area (Å²) in [5.41, 5.74) is 7.90. The molecule has 1 rings (SSSR count). The third-order valence-corrected chi connectivity index (χ3v) is 2.82. The van der Waals surface area contributed by atoms with Gasteiger partial charge in [0.05, 0.1) is 24.2 Å². The van der Waals surface area contributed by atoms with Crippen molar-refractivity contribution in [3.63, 3.8) is 0 Å². The average Bonchev–Trinajstić information content (AvgIpc) is 2.38. The number of nitrogens with zero attached hydrogens (tertiary/aromatic N) is 2. The predicted molar refractivity (Wildman–Crippen MR) is 71.0 cm³/mol. The number of pyridine rings is 1. The number of rotatable bonds is 7. The predicted octanol–water partition coefficient (Wildman–Crippen LogP) is 1.70. The van der Waals surface area contributed by atoms with Crippen LogP contribution in [-0.4, -0.2) is 29.8 Å². The lowest BCUT2D eigenvalue weighted by Gasteiger charge is -2.23. The molecule has 0 aliphatic carbocycles. The Kier molecular flexibility index (Phi) is 5.94. The van der Waals surface area contributed by atoms with Gasteiger partial charge in [-0.25, -0.2) is 0 Å². The van der Waals surface area contributed by atoms with Gasteiger partial charge in [0.15, 0.2) is 0 Å². The van der Waals surface area contributed by atoms with Gasteiger partial charge in [0.25, 0.3) is 0 Å². The zero-order valence-electron chi connectivity index (χ0n) is 10.8. The summed E-state index contributed by atoms with van der Waals surface area (Å²) in [6.45, 7) is 5.92. The van der Waals surface area contributed by atoms with Crippen LogP contribution in [0.4, 0.5) is 5.69 Å². The molecule has 1 atom stereocenters. The fourth-order valence-corrected chi connectivity index (χ4v) is 1.77. The molecule has 0 saturated carbocycles. The number of hydrogen-bond donors (Lipinski definition) is 2. The molecular weight excluding hydrogens is 214 g/mol. The first-order chi connectivity index (χ1) is 8.22. The van der Waals surface area contributed by atoms with Crippen LogP contribution in [0.1, 0.15) is 38.4 Å². The number of hydrogen-bond acceptors (Lipinski definition) is 4. The maximum atomic E-state index is 9.02. The Morgan fingerprint density at radius 3 is 2.59 bits per heavy atom. The summed E-state index contributed by atoms with van der Waals surface area (Å²) in [5, 5.41) is 9.02. The van der Waals surface area contributed by atoms with E-state index in [4.69, 9.17) is 10.8 Å². The van der Waals surface area contributed by atoms with Crippen LogP contribution >= 0.6 is 0 Å². The topological polar surface area (TPSA) is 62.4 Å². The van der Waals surface area contributed by atoms with Crippen molar-refractivity contribution in [3.8, 4) is 0 Å². The fourth-order valence-electron chi connectivity index (χ4n) is 1.77. The second-order valence-electron chi connectivity index (χ2n) is 4.17. The molecule has 0 bridgehead atoms. The molecule has 0 radical (unpaired) electrons. The Balaban J connectivity index is 2.76. The molecule has 1 aromatic heterocycles. The Bertz CT molecular complexity index is 307. The highest BCUT2D eigenvalue weighted by Crippen LogP contribution is 2.17. The van der Waals surface area contributed by atoms with Crippen LogP contribution in [0.3, 0.4) is 0 Å². The number of aromatic nitrogens is 1. The summed E-state index contributed by atoms with van der Waals surface area (Å²) in [7, 11) is 0. The second-order valence-corrected chi connectivity index (χ2v) is 4.17. The Morgan fingerprint density at radius 1 is 1.35 bits per heavy atom. The van der Waals surface area contributed by atoms with Gasteiger partial charge in [-0.1, -0.05) is 13.8 Å². The molecule has 4 heteroatoms. The van der Waals surface area contributed by atoms with Crippen molar-refractivity contribution in [1.29, 1.82) is 0 Å². The van der Waals surface area contributed by atoms with Crippen molar-refractivity contribution in [3.05, 3.63) is 24.0 Å². The van der Waals surface area contributed by atoms with E-state index < -0.39 is 0 Å². The molecule has 1 heterocycles. The third kappa shape index (κ3) is 3.98. The molecule has 0 amide bonds. The third-order valence-electron chi connectivity index (χ3n) is 2.82. The fraction of sp³-hybridized carbons (Fsp3) is 0.615. The molecule has 1 aromatic rings.